The average Bonchev–Trinajstić information content (AvgIpc) is 3.58. The molecule has 15 nitrogen and oxygen atoms in total. The second kappa shape index (κ2) is 15.7. The van der Waals surface area contributed by atoms with E-state index >= 15 is 9.18 Å². The lowest BCUT2D eigenvalue weighted by Gasteiger charge is -2.34. The first-order chi connectivity index (χ1) is 31.4. The van der Waals surface area contributed by atoms with E-state index in [0.717, 1.165) is 23.7 Å². The van der Waals surface area contributed by atoms with Crippen LogP contribution in [0.5, 0.6) is 0 Å². The quantitative estimate of drug-likeness (QED) is 0.137. The Morgan fingerprint density at radius 1 is 0.970 bits per heavy atom. The molecule has 1 saturated heterocycles. The zero-order chi connectivity index (χ0) is 46.6. The van der Waals surface area contributed by atoms with Gasteiger partial charge in [0.05, 0.1) is 23.1 Å². The van der Waals surface area contributed by atoms with Gasteiger partial charge in [-0.25, -0.2) is 18.7 Å². The average molecular weight is 916 g/mol. The molecule has 1 amide bonds. The van der Waals surface area contributed by atoms with Crippen molar-refractivity contribution in [2.45, 2.75) is 96.3 Å². The Bertz CT molecular complexity index is 3240. The van der Waals surface area contributed by atoms with Crippen molar-refractivity contribution >= 4 is 34.9 Å². The smallest absolute Gasteiger partial charge is 0.387 e. The van der Waals surface area contributed by atoms with Gasteiger partial charge in [0, 0.05) is 78.2 Å². The Morgan fingerprint density at radius 3 is 2.33 bits per heavy atom. The highest BCUT2D eigenvalue weighted by atomic mass is 31.2. The molecule has 6 heterocycles. The molecule has 10 rings (SSSR count). The van der Waals surface area contributed by atoms with Crippen molar-refractivity contribution in [3.63, 3.8) is 0 Å². The van der Waals surface area contributed by atoms with Crippen LogP contribution in [-0.2, 0) is 21.3 Å². The second-order valence-corrected chi connectivity index (χ2v) is 23.0. The van der Waals surface area contributed by atoms with Gasteiger partial charge in [0.15, 0.2) is 5.82 Å². The predicted octanol–water partition coefficient (Wildman–Crippen LogP) is 7.85. The summed E-state index contributed by atoms with van der Waals surface area (Å²) in [5.41, 5.74) is 5.34. The van der Waals surface area contributed by atoms with Gasteiger partial charge >= 0.3 is 11.4 Å². The molecule has 2 N–H and O–H groups in total. The van der Waals surface area contributed by atoms with E-state index in [4.69, 9.17) is 14.4 Å². The Hall–Kier alpha value is -6.25. The number of imidazole rings is 1. The maximum Gasteiger partial charge on any atom is 0.438 e. The highest BCUT2D eigenvalue weighted by molar-refractivity contribution is 7.72. The predicted molar refractivity (Wildman–Crippen MR) is 252 cm³/mol. The summed E-state index contributed by atoms with van der Waals surface area (Å²) in [7, 11) is -1.07. The summed E-state index contributed by atoms with van der Waals surface area (Å²) in [5.74, 6) is -0.0750. The Labute approximate surface area is 380 Å². The molecule has 2 atom stereocenters. The van der Waals surface area contributed by atoms with Gasteiger partial charge in [-0.15, -0.1) is 0 Å². The number of fused-ring (bicyclic) bond motifs is 2. The van der Waals surface area contributed by atoms with Crippen molar-refractivity contribution in [2.24, 2.45) is 0 Å². The molecule has 0 spiro atoms. The van der Waals surface area contributed by atoms with Crippen LogP contribution in [0, 0.1) is 19.7 Å². The minimum absolute atomic E-state index is 0.227. The third-order valence-electron chi connectivity index (χ3n) is 14.4. The number of benzene rings is 3. The number of ether oxygens (including phenoxy) is 1. The Kier molecular flexibility index (Phi) is 10.4. The fraction of sp³-hybridized carbons (Fsp3) is 0.408. The number of rotatable bonds is 9. The molecular weight excluding hydrogens is 861 g/mol. The molecule has 0 bridgehead atoms. The second-order valence-electron chi connectivity index (χ2n) is 19.3. The number of carbonyl (C=O) groups is 1. The summed E-state index contributed by atoms with van der Waals surface area (Å²) in [5, 5.41) is 13.6. The van der Waals surface area contributed by atoms with Gasteiger partial charge in [0.2, 0.25) is 0 Å². The van der Waals surface area contributed by atoms with Crippen LogP contribution in [-0.4, -0.2) is 83.1 Å². The van der Waals surface area contributed by atoms with Crippen LogP contribution in [0.15, 0.2) is 81.1 Å². The first kappa shape index (κ1) is 43.6. The fourth-order valence-corrected chi connectivity index (χ4v) is 11.8. The number of anilines is 1. The number of aromatic nitrogens is 7. The number of carbonyl (C=O) groups excluding carboxylic acids is 1. The monoisotopic (exact) mass is 915 g/mol. The van der Waals surface area contributed by atoms with E-state index in [1.807, 2.05) is 55.4 Å². The van der Waals surface area contributed by atoms with Crippen LogP contribution in [0.25, 0.3) is 28.1 Å². The minimum atomic E-state index is -2.84. The highest BCUT2D eigenvalue weighted by Crippen LogP contribution is 2.55. The maximum atomic E-state index is 15.4. The number of nitrogens with one attached hydrogen (secondary N) is 2. The zero-order valence-corrected chi connectivity index (χ0v) is 39.5. The number of aryl methyl sites for hydroxylation is 2. The molecule has 1 aliphatic carbocycles. The van der Waals surface area contributed by atoms with Crippen LogP contribution >= 0.6 is 7.14 Å². The van der Waals surface area contributed by atoms with Crippen molar-refractivity contribution < 1.29 is 23.0 Å². The number of nitrogens with zero attached hydrogens (tertiary/aromatic N) is 7. The van der Waals surface area contributed by atoms with Crippen LogP contribution in [0.1, 0.15) is 110 Å². The summed E-state index contributed by atoms with van der Waals surface area (Å²) in [6.07, 6.45) is 6.86. The molecule has 3 aromatic carbocycles. The van der Waals surface area contributed by atoms with Gasteiger partial charge in [0.25, 0.3) is 5.91 Å². The summed E-state index contributed by atoms with van der Waals surface area (Å²) in [4.78, 5) is 47.2. The minimum Gasteiger partial charge on any atom is -0.387 e. The van der Waals surface area contributed by atoms with E-state index in [9.17, 15) is 14.2 Å². The molecule has 2 aliphatic heterocycles. The molecule has 17 heteroatoms. The molecule has 7 aromatic rings. The fourth-order valence-electron chi connectivity index (χ4n) is 10.1. The van der Waals surface area contributed by atoms with E-state index in [-0.39, 0.29) is 11.7 Å². The first-order valence-electron chi connectivity index (χ1n) is 22.6. The van der Waals surface area contributed by atoms with Gasteiger partial charge in [-0.1, -0.05) is 32.0 Å². The summed E-state index contributed by atoms with van der Waals surface area (Å²) in [6.45, 7) is 14.8. The number of hydrogen-bond acceptors (Lipinski definition) is 9. The van der Waals surface area contributed by atoms with Crippen molar-refractivity contribution in [3.8, 4) is 17.2 Å². The number of H-pyrrole nitrogens is 1. The summed E-state index contributed by atoms with van der Waals surface area (Å²) in [6, 6.07) is 16.6. The SMILES string of the molecule is CNc1cc(-n2ccn(-c3c4c(nn3-c3cc(C)c(F)c(C)c3)CCN(C(=O)c3cc5cc(C6CCOCC6)ccc5n3C3(c5noc(=O)[nH]5)CC3)C4C)c2=O)ccc1P(C)(=O)C(C)(C)C. The molecule has 344 valence electrons. The molecule has 2 unspecified atom stereocenters. The van der Waals surface area contributed by atoms with Gasteiger partial charge in [0.1, 0.15) is 30.0 Å². The number of hydrogen-bond donors (Lipinski definition) is 2. The topological polar surface area (TPSA) is 167 Å². The third-order valence-corrected chi connectivity index (χ3v) is 18.3. The van der Waals surface area contributed by atoms with Gasteiger partial charge < -0.3 is 24.1 Å². The third kappa shape index (κ3) is 6.85. The molecule has 0 radical (unpaired) electrons. The van der Waals surface area contributed by atoms with Gasteiger partial charge in [-0.3, -0.25) is 23.4 Å². The number of halogens is 1. The van der Waals surface area contributed by atoms with Crippen molar-refractivity contribution in [2.75, 3.05) is 38.8 Å². The van der Waals surface area contributed by atoms with E-state index < -0.39 is 35.3 Å². The molecule has 2 fully saturated rings. The molecule has 1 saturated carbocycles. The zero-order valence-electron chi connectivity index (χ0n) is 38.6. The van der Waals surface area contributed by atoms with Gasteiger partial charge in [-0.05, 0) is 124 Å². The standard InChI is InChI=1S/C49H55FN9O6P/c1-28-23-35(24-29(2)42(28)50)59-43(57-20-19-56(47(57)62)34-10-12-40(37(27-34)51-7)66(8,63)48(4,5)6)41-30(3)55(18-13-36(41)53-59)44(60)39-26-33-25-32(31-14-21-64-22-15-31)9-11-38(33)58(39)49(16-17-49)45-52-46(61)65-54-45/h9-12,19-20,23-27,30-31,51H,13-18,21-22H2,1-8H3,(H,52,54,61). The van der Waals surface area contributed by atoms with E-state index in [1.165, 1.54) is 14.7 Å². The Balaban J connectivity index is 1.10. The van der Waals surface area contributed by atoms with E-state index in [1.54, 1.807) is 62.8 Å². The van der Waals surface area contributed by atoms with Crippen LogP contribution in [0.4, 0.5) is 10.1 Å². The number of amides is 1. The summed E-state index contributed by atoms with van der Waals surface area (Å²) >= 11 is 0. The van der Waals surface area contributed by atoms with Gasteiger partial charge in [-0.2, -0.15) is 5.10 Å². The number of aromatic amines is 1. The molecular formula is C49H55FN9O6P. The van der Waals surface area contributed by atoms with Crippen LogP contribution in [0.2, 0.25) is 0 Å². The lowest BCUT2D eigenvalue weighted by atomic mass is 9.91. The summed E-state index contributed by atoms with van der Waals surface area (Å²) < 4.78 is 46.7. The normalized spacial score (nSPS) is 18.4. The van der Waals surface area contributed by atoms with Crippen molar-refractivity contribution in [3.05, 3.63) is 133 Å². The molecule has 4 aromatic heterocycles. The lowest BCUT2D eigenvalue weighted by molar-refractivity contribution is 0.0664. The van der Waals surface area contributed by atoms with Crippen LogP contribution < -0.4 is 22.1 Å². The first-order valence-corrected chi connectivity index (χ1v) is 24.8. The van der Waals surface area contributed by atoms with E-state index in [0.29, 0.717) is 107 Å². The maximum absolute atomic E-state index is 15.4. The van der Waals surface area contributed by atoms with E-state index in [2.05, 4.69) is 33.7 Å². The van der Waals surface area contributed by atoms with Crippen molar-refractivity contribution in [1.82, 2.24) is 38.5 Å². The Morgan fingerprint density at radius 2 is 1.68 bits per heavy atom. The lowest BCUT2D eigenvalue weighted by Crippen LogP contribution is -2.41. The molecule has 66 heavy (non-hydrogen) atoms. The largest absolute Gasteiger partial charge is 0.438 e. The van der Waals surface area contributed by atoms with Crippen LogP contribution in [0.3, 0.4) is 0 Å². The highest BCUT2D eigenvalue weighted by Gasteiger charge is 2.52. The molecule has 3 aliphatic rings. The van der Waals surface area contributed by atoms with Crippen molar-refractivity contribution in [1.29, 1.82) is 0 Å².